The Bertz CT molecular complexity index is 384. The minimum Gasteiger partial charge on any atom is -0.243 e. The van der Waals surface area contributed by atoms with Crippen molar-refractivity contribution >= 4 is 16.5 Å². The summed E-state index contributed by atoms with van der Waals surface area (Å²) >= 11 is 0. The second-order valence-electron chi connectivity index (χ2n) is 1.68. The molecule has 2 amide bonds. The Morgan fingerprint density at radius 3 is 2.83 bits per heavy atom. The molecule has 0 aliphatic carbocycles. The molecule has 0 saturated carbocycles. The van der Waals surface area contributed by atoms with Crippen LogP contribution >= 0.6 is 0 Å². The van der Waals surface area contributed by atoms with E-state index in [4.69, 9.17) is 0 Å². The van der Waals surface area contributed by atoms with Crippen LogP contribution in [0.2, 0.25) is 0 Å². The highest BCUT2D eigenvalue weighted by molar-refractivity contribution is 7.62. The van der Waals surface area contributed by atoms with Gasteiger partial charge in [0.2, 0.25) is 0 Å². The Labute approximate surface area is 68.7 Å². The van der Waals surface area contributed by atoms with Crippen LogP contribution in [0.25, 0.3) is 0 Å². The van der Waals surface area contributed by atoms with E-state index in [1.165, 1.54) is 12.4 Å². The number of hydrogen-bond donors (Lipinski definition) is 1. The highest BCUT2D eigenvalue weighted by Gasteiger charge is 1.97. The molecule has 0 aliphatic rings. The summed E-state index contributed by atoms with van der Waals surface area (Å²) in [4.78, 5) is 11.6. The van der Waals surface area contributed by atoms with Gasteiger partial charge < -0.3 is 0 Å². The second-order valence-corrected chi connectivity index (χ2v) is 2.29. The predicted octanol–water partition coefficient (Wildman–Crippen LogP) is -0.391. The highest BCUT2D eigenvalue weighted by atomic mass is 32.2. The molecule has 7 nitrogen and oxygen atoms in total. The van der Waals surface area contributed by atoms with Crippen molar-refractivity contribution in [1.29, 1.82) is 0 Å². The number of urea groups is 1. The molecular weight excluding hydrogens is 184 g/mol. The Kier molecular flexibility index (Phi) is 2.53. The molecule has 0 unspecified atom stereocenters. The van der Waals surface area contributed by atoms with Gasteiger partial charge in [0.1, 0.15) is 0 Å². The zero-order valence-corrected chi connectivity index (χ0v) is 6.52. The minimum atomic E-state index is -2.74. The summed E-state index contributed by atoms with van der Waals surface area (Å²) in [6, 6.07) is 0.570. The number of aromatic nitrogens is 2. The lowest BCUT2D eigenvalue weighted by Crippen LogP contribution is -2.19. The average Bonchev–Trinajstić information content (AvgIpc) is 2.37. The summed E-state index contributed by atoms with van der Waals surface area (Å²) in [5.74, 6) is 0. The van der Waals surface area contributed by atoms with E-state index in [1.807, 2.05) is 0 Å². The summed E-state index contributed by atoms with van der Waals surface area (Å²) in [6.45, 7) is 0. The van der Waals surface area contributed by atoms with Crippen LogP contribution in [0, 0.1) is 0 Å². The summed E-state index contributed by atoms with van der Waals surface area (Å²) < 4.78 is 22.4. The SMILES string of the molecule is O=C(N=S(=O)=O)Nn1cccn1. The van der Waals surface area contributed by atoms with Crippen LogP contribution in [0.3, 0.4) is 0 Å². The number of hydrogen-bond acceptors (Lipinski definition) is 4. The van der Waals surface area contributed by atoms with Gasteiger partial charge in [-0.05, 0) is 6.07 Å². The molecule has 1 aromatic rings. The fourth-order valence-corrected chi connectivity index (χ4v) is 0.697. The van der Waals surface area contributed by atoms with Gasteiger partial charge in [0.25, 0.3) is 0 Å². The molecule has 1 rings (SSSR count). The zero-order chi connectivity index (χ0) is 8.97. The Balaban J connectivity index is 2.66. The van der Waals surface area contributed by atoms with Crippen molar-refractivity contribution in [2.75, 3.05) is 5.43 Å². The molecule has 0 saturated heterocycles. The van der Waals surface area contributed by atoms with Gasteiger partial charge in [-0.2, -0.15) is 18.3 Å². The topological polar surface area (TPSA) is 93.4 Å². The summed E-state index contributed by atoms with van der Waals surface area (Å²) in [7, 11) is -2.74. The fraction of sp³-hybridized carbons (Fsp3) is 0. The third-order valence-electron chi connectivity index (χ3n) is 0.872. The van der Waals surface area contributed by atoms with Crippen molar-refractivity contribution in [3.8, 4) is 0 Å². The first-order valence-corrected chi connectivity index (χ1v) is 3.83. The molecule has 12 heavy (non-hydrogen) atoms. The molecule has 0 radical (unpaired) electrons. The van der Waals surface area contributed by atoms with Crippen LogP contribution in [0.15, 0.2) is 22.8 Å². The third-order valence-corrected chi connectivity index (χ3v) is 1.19. The largest absolute Gasteiger partial charge is 0.376 e. The van der Waals surface area contributed by atoms with Crippen LogP contribution < -0.4 is 5.43 Å². The summed E-state index contributed by atoms with van der Waals surface area (Å²) in [6.07, 6.45) is 2.86. The van der Waals surface area contributed by atoms with Crippen LogP contribution in [0.1, 0.15) is 0 Å². The van der Waals surface area contributed by atoms with E-state index < -0.39 is 16.5 Å². The first-order valence-electron chi connectivity index (χ1n) is 2.80. The molecule has 0 atom stereocenters. The second kappa shape index (κ2) is 3.62. The maximum atomic E-state index is 10.6. The molecule has 1 heterocycles. The van der Waals surface area contributed by atoms with E-state index in [2.05, 4.69) is 14.9 Å². The molecule has 0 aliphatic heterocycles. The van der Waals surface area contributed by atoms with Crippen molar-refractivity contribution in [2.45, 2.75) is 0 Å². The first kappa shape index (κ1) is 8.40. The molecule has 1 N–H and O–H groups in total. The standard InChI is InChI=1S/C4H4N4O3S/c9-4(7-12(10)11)6-8-3-1-2-5-8/h1-3H,(H,6,9). The number of amides is 2. The third kappa shape index (κ3) is 2.50. The van der Waals surface area contributed by atoms with Gasteiger partial charge >= 0.3 is 16.5 Å². The first-order chi connectivity index (χ1) is 5.68. The van der Waals surface area contributed by atoms with E-state index in [0.717, 1.165) is 4.79 Å². The van der Waals surface area contributed by atoms with E-state index in [9.17, 15) is 13.2 Å². The lowest BCUT2D eigenvalue weighted by atomic mass is 10.8. The van der Waals surface area contributed by atoms with Gasteiger partial charge in [-0.1, -0.05) is 4.36 Å². The normalized spacial score (nSPS) is 9.00. The molecule has 8 heteroatoms. The zero-order valence-electron chi connectivity index (χ0n) is 5.71. The maximum absolute atomic E-state index is 10.6. The number of rotatable bonds is 1. The van der Waals surface area contributed by atoms with Gasteiger partial charge in [0.05, 0.1) is 6.20 Å². The molecule has 64 valence electrons. The smallest absolute Gasteiger partial charge is 0.243 e. The molecule has 0 bridgehead atoms. The molecule has 1 aromatic heterocycles. The predicted molar refractivity (Wildman–Crippen MR) is 38.3 cm³/mol. The van der Waals surface area contributed by atoms with E-state index in [0.29, 0.717) is 0 Å². The maximum Gasteiger partial charge on any atom is 0.376 e. The van der Waals surface area contributed by atoms with E-state index in [-0.39, 0.29) is 0 Å². The quantitative estimate of drug-likeness (QED) is 0.649. The van der Waals surface area contributed by atoms with Crippen molar-refractivity contribution in [3.05, 3.63) is 18.5 Å². The van der Waals surface area contributed by atoms with Crippen LogP contribution in [0.4, 0.5) is 4.79 Å². The van der Waals surface area contributed by atoms with Crippen molar-refractivity contribution in [2.24, 2.45) is 4.36 Å². The van der Waals surface area contributed by atoms with Crippen molar-refractivity contribution in [1.82, 2.24) is 9.89 Å². The van der Waals surface area contributed by atoms with Gasteiger partial charge in [0, 0.05) is 6.20 Å². The average molecular weight is 188 g/mol. The fourth-order valence-electron chi connectivity index (χ4n) is 0.521. The van der Waals surface area contributed by atoms with E-state index >= 15 is 0 Å². The molecular formula is C4H4N4O3S. The van der Waals surface area contributed by atoms with Crippen LogP contribution in [0.5, 0.6) is 0 Å². The lowest BCUT2D eigenvalue weighted by molar-refractivity contribution is 0.257. The van der Waals surface area contributed by atoms with Crippen LogP contribution in [-0.2, 0) is 10.5 Å². The van der Waals surface area contributed by atoms with Crippen molar-refractivity contribution in [3.63, 3.8) is 0 Å². The molecule has 0 aromatic carbocycles. The Morgan fingerprint density at radius 1 is 1.58 bits per heavy atom. The monoisotopic (exact) mass is 188 g/mol. The molecule has 0 spiro atoms. The minimum absolute atomic E-state index is 0.993. The highest BCUT2D eigenvalue weighted by Crippen LogP contribution is 1.81. The van der Waals surface area contributed by atoms with Crippen LogP contribution in [-0.4, -0.2) is 24.3 Å². The van der Waals surface area contributed by atoms with Crippen molar-refractivity contribution < 1.29 is 13.2 Å². The van der Waals surface area contributed by atoms with Gasteiger partial charge in [0.15, 0.2) is 0 Å². The van der Waals surface area contributed by atoms with Gasteiger partial charge in [-0.25, -0.2) is 10.2 Å². The molecule has 0 fully saturated rings. The van der Waals surface area contributed by atoms with E-state index in [1.54, 1.807) is 6.07 Å². The lowest BCUT2D eigenvalue weighted by Gasteiger charge is -1.96. The number of nitrogens with zero attached hydrogens (tertiary/aromatic N) is 3. The Hall–Kier alpha value is -1.70. The summed E-state index contributed by atoms with van der Waals surface area (Å²) in [5.41, 5.74) is 2.06. The number of nitrogens with one attached hydrogen (secondary N) is 1. The number of carbonyl (C=O) groups excluding carboxylic acids is 1. The Morgan fingerprint density at radius 2 is 2.33 bits per heavy atom. The van der Waals surface area contributed by atoms with Gasteiger partial charge in [-0.3, -0.25) is 0 Å². The van der Waals surface area contributed by atoms with Gasteiger partial charge in [-0.15, -0.1) is 0 Å². The summed E-state index contributed by atoms with van der Waals surface area (Å²) in [5, 5.41) is 3.59. The number of carbonyl (C=O) groups is 1.